The van der Waals surface area contributed by atoms with Crippen molar-refractivity contribution in [3.05, 3.63) is 65.8 Å². The number of benzene rings is 1. The Morgan fingerprint density at radius 2 is 1.37 bits per heavy atom. The van der Waals surface area contributed by atoms with Gasteiger partial charge in [0.1, 0.15) is 36.0 Å². The molecule has 3 saturated heterocycles. The van der Waals surface area contributed by atoms with Gasteiger partial charge in [-0.1, -0.05) is 84.8 Å². The van der Waals surface area contributed by atoms with Crippen LogP contribution in [0.2, 0.25) is 0 Å². The van der Waals surface area contributed by atoms with Gasteiger partial charge in [-0.2, -0.15) is 0 Å². The number of aryl methyl sites for hydroxylation is 1. The lowest BCUT2D eigenvalue weighted by atomic mass is 9.87. The lowest BCUT2D eigenvalue weighted by Gasteiger charge is -2.39. The van der Waals surface area contributed by atoms with Gasteiger partial charge in [0.15, 0.2) is 0 Å². The van der Waals surface area contributed by atoms with Crippen molar-refractivity contribution in [2.24, 2.45) is 11.8 Å². The van der Waals surface area contributed by atoms with Crippen LogP contribution in [0, 0.1) is 11.8 Å². The first-order valence-corrected chi connectivity index (χ1v) is 33.7. The highest BCUT2D eigenvalue weighted by Crippen LogP contribution is 2.43. The number of amides is 6. The molecule has 0 aromatic heterocycles. The molecule has 8 N–H and O–H groups in total. The van der Waals surface area contributed by atoms with E-state index in [0.717, 1.165) is 12.0 Å². The van der Waals surface area contributed by atoms with Gasteiger partial charge in [-0.05, 0) is 96.1 Å². The van der Waals surface area contributed by atoms with E-state index in [1.54, 1.807) is 45.9 Å². The predicted octanol–water partition coefficient (Wildman–Crippen LogP) is 3.98. The minimum atomic E-state index is -0.964. The summed E-state index contributed by atoms with van der Waals surface area (Å²) in [6.07, 6.45) is 9.99. The van der Waals surface area contributed by atoms with Gasteiger partial charge in [-0.3, -0.25) is 33.6 Å². The van der Waals surface area contributed by atoms with E-state index < -0.39 is 53.9 Å². The Labute approximate surface area is 550 Å². The molecule has 1 aliphatic carbocycles. The smallest absolute Gasteiger partial charge is 0.306 e. The Morgan fingerprint density at radius 1 is 0.750 bits per heavy atom. The van der Waals surface area contributed by atoms with Gasteiger partial charge in [0, 0.05) is 43.6 Å². The maximum Gasteiger partial charge on any atom is 0.306 e. The lowest BCUT2D eigenvalue weighted by Crippen LogP contribution is -2.53. The van der Waals surface area contributed by atoms with E-state index in [2.05, 4.69) is 60.8 Å². The first-order chi connectivity index (χ1) is 44.1. The van der Waals surface area contributed by atoms with Crippen LogP contribution in [0.25, 0.3) is 0 Å². The first kappa shape index (κ1) is 77.5. The highest BCUT2D eigenvalue weighted by Gasteiger charge is 2.58. The minimum Gasteiger partial charge on any atom is -0.462 e. The monoisotopic (exact) mass is 1360 g/mol. The number of alkyl halides is 1. The number of rotatable bonds is 42. The van der Waals surface area contributed by atoms with Crippen LogP contribution in [0.1, 0.15) is 118 Å². The van der Waals surface area contributed by atoms with Gasteiger partial charge in [0.05, 0.1) is 128 Å². The molecule has 0 bridgehead atoms. The molecule has 1 spiro atoms. The summed E-state index contributed by atoms with van der Waals surface area (Å²) in [6, 6.07) is 4.98. The molecule has 3 heterocycles. The molecule has 4 aliphatic rings. The number of anilines is 1. The second-order valence-electron chi connectivity index (χ2n) is 24.4. The van der Waals surface area contributed by atoms with Crippen molar-refractivity contribution in [2.45, 2.75) is 192 Å². The number of aliphatic hydroxyl groups excluding tert-OH is 2. The number of nitrogens with one attached hydrogen (secondary N) is 6. The third-order valence-corrected chi connectivity index (χ3v) is 16.8. The molecule has 5 rings (SSSR count). The summed E-state index contributed by atoms with van der Waals surface area (Å²) >= 11 is 3.08. The Kier molecular flexibility index (Phi) is 35.6. The van der Waals surface area contributed by atoms with Crippen molar-refractivity contribution in [3.63, 3.8) is 0 Å². The largest absolute Gasteiger partial charge is 0.462 e. The van der Waals surface area contributed by atoms with Crippen LogP contribution in [0.15, 0.2) is 60.2 Å². The molecule has 26 heteroatoms. The van der Waals surface area contributed by atoms with Crippen LogP contribution in [0.4, 0.5) is 5.69 Å². The van der Waals surface area contributed by atoms with E-state index in [1.807, 2.05) is 32.1 Å². The molecule has 518 valence electrons. The number of hydrogen-bond donors (Lipinski definition) is 8. The molecule has 3 aliphatic heterocycles. The molecular weight excluding hydrogens is 1260 g/mol. The number of esters is 1. The predicted molar refractivity (Wildman–Crippen MR) is 345 cm³/mol. The summed E-state index contributed by atoms with van der Waals surface area (Å²) in [7, 11) is 0. The van der Waals surface area contributed by atoms with Crippen LogP contribution in [-0.4, -0.2) is 222 Å². The number of epoxide rings is 1. The maximum absolute atomic E-state index is 13.4. The zero-order chi connectivity index (χ0) is 66.8. The van der Waals surface area contributed by atoms with Crippen LogP contribution in [0.3, 0.4) is 0 Å². The van der Waals surface area contributed by atoms with Gasteiger partial charge >= 0.3 is 5.97 Å². The van der Waals surface area contributed by atoms with Gasteiger partial charge in [0.25, 0.3) is 0 Å². The fourth-order valence-electron chi connectivity index (χ4n) is 10.8. The molecule has 6 amide bonds. The lowest BCUT2D eigenvalue weighted by molar-refractivity contribution is -0.151. The van der Waals surface area contributed by atoms with Crippen molar-refractivity contribution in [2.75, 3.05) is 103 Å². The van der Waals surface area contributed by atoms with E-state index in [0.29, 0.717) is 129 Å². The minimum absolute atomic E-state index is 0.0148. The number of carbonyl (C=O) groups excluding carboxylic acids is 7. The molecular formula is C66H103BrN6O19. The SMILES string of the molecule is CC(C=CC1OC(CC(=O)NC2CCC(OC(=O)CCc3ccccc3NC(=O)C(C)NC(=O)C(NC(=O)CCOCCOCCOCCOCCOCCOCCNC(=O)CBr)C(C)C)CC2)CC2(CO2)C1O)=CCC1OC(C)C(NC(=O)C=CC(C)O)CC1C. The summed E-state index contributed by atoms with van der Waals surface area (Å²) in [5, 5.41) is 38.1. The molecule has 1 aromatic carbocycles. The Hall–Kier alpha value is -5.23. The zero-order valence-corrected chi connectivity index (χ0v) is 56.4. The fraction of sp³-hybridized carbons (Fsp3) is 0.712. The van der Waals surface area contributed by atoms with Crippen LogP contribution < -0.4 is 31.9 Å². The van der Waals surface area contributed by atoms with Crippen LogP contribution in [0.5, 0.6) is 0 Å². The molecule has 0 radical (unpaired) electrons. The van der Waals surface area contributed by atoms with Crippen LogP contribution in [-0.2, 0) is 87.4 Å². The van der Waals surface area contributed by atoms with E-state index in [4.69, 9.17) is 47.4 Å². The molecule has 92 heavy (non-hydrogen) atoms. The standard InChI is InChI=1S/C66H103BrN6O19/c1-43(2)62(73-58(76)24-26-83-28-30-85-32-34-87-36-37-88-35-33-86-31-29-84-27-25-68-60(78)41-67)65(82)69-47(6)64(81)72-53-11-9-8-10-49(53)15-23-61(79)92-51-18-16-50(17-19-51)70-59(77)39-52-40-66(42-89-66)63(80)56(91-52)21-13-44(3)12-20-55-45(4)38-54(48(7)90-55)71-57(75)22-14-46(5)74/h8-14,21-22,43,45-48,50-52,54-56,62-63,74,80H,15-20,23-42H2,1-7H3,(H,68,78)(H,69,82)(H,70,77)(H,71,75)(H,72,81)(H,73,76). The topological polar surface area (TPSA) is 328 Å². The Morgan fingerprint density at radius 3 is 1.98 bits per heavy atom. The Balaban J connectivity index is 0.907. The number of halogens is 1. The summed E-state index contributed by atoms with van der Waals surface area (Å²) < 4.78 is 57.1. The highest BCUT2D eigenvalue weighted by atomic mass is 79.9. The van der Waals surface area contributed by atoms with Crippen molar-refractivity contribution < 1.29 is 91.1 Å². The summed E-state index contributed by atoms with van der Waals surface area (Å²) in [5.74, 6) is -2.38. The summed E-state index contributed by atoms with van der Waals surface area (Å²) in [6.45, 7) is 17.9. The van der Waals surface area contributed by atoms with Crippen molar-refractivity contribution in [1.82, 2.24) is 26.6 Å². The highest BCUT2D eigenvalue weighted by molar-refractivity contribution is 9.09. The van der Waals surface area contributed by atoms with E-state index in [1.165, 1.54) is 12.2 Å². The van der Waals surface area contributed by atoms with Gasteiger partial charge in [0.2, 0.25) is 35.4 Å². The molecule has 11 unspecified atom stereocenters. The average Bonchev–Trinajstić information content (AvgIpc) is 1.61. The first-order valence-electron chi connectivity index (χ1n) is 32.6. The average molecular weight is 1360 g/mol. The fourth-order valence-corrected chi connectivity index (χ4v) is 11.0. The Bertz CT molecular complexity index is 2530. The normalized spacial score (nSPS) is 25.0. The molecule has 4 fully saturated rings. The number of hydrogen-bond acceptors (Lipinski definition) is 19. The molecule has 1 saturated carbocycles. The van der Waals surface area contributed by atoms with Crippen molar-refractivity contribution in [3.8, 4) is 0 Å². The van der Waals surface area contributed by atoms with E-state index in [-0.39, 0.29) is 116 Å². The third-order valence-electron chi connectivity index (χ3n) is 16.2. The molecule has 1 aromatic rings. The van der Waals surface area contributed by atoms with Gasteiger partial charge in [-0.25, -0.2) is 0 Å². The van der Waals surface area contributed by atoms with Crippen LogP contribution >= 0.6 is 15.9 Å². The number of aliphatic hydroxyl groups is 2. The maximum atomic E-state index is 13.4. The summed E-state index contributed by atoms with van der Waals surface area (Å²) in [5.41, 5.74) is 1.40. The van der Waals surface area contributed by atoms with Gasteiger partial charge < -0.3 is 89.5 Å². The van der Waals surface area contributed by atoms with Crippen molar-refractivity contribution >= 4 is 63.0 Å². The number of para-hydroxylation sites is 1. The summed E-state index contributed by atoms with van der Waals surface area (Å²) in [4.78, 5) is 89.7. The second-order valence-corrected chi connectivity index (χ2v) is 24.9. The number of ether oxygens (including phenoxy) is 10. The molecule has 25 nitrogen and oxygen atoms in total. The van der Waals surface area contributed by atoms with E-state index >= 15 is 0 Å². The zero-order valence-electron chi connectivity index (χ0n) is 54.8. The second kappa shape index (κ2) is 42.3. The quantitative estimate of drug-likeness (QED) is 0.0115. The number of carbonyl (C=O) groups is 7. The third kappa shape index (κ3) is 29.6. The van der Waals surface area contributed by atoms with Gasteiger partial charge in [-0.15, -0.1) is 0 Å². The van der Waals surface area contributed by atoms with Crippen molar-refractivity contribution in [1.29, 1.82) is 0 Å². The number of allylic oxidation sites excluding steroid dienone is 2. The molecule has 11 atom stereocenters. The van der Waals surface area contributed by atoms with E-state index in [9.17, 15) is 43.8 Å².